The molecule has 160 valence electrons. The van der Waals surface area contributed by atoms with E-state index in [-0.39, 0.29) is 6.10 Å². The molecule has 0 bridgehead atoms. The highest BCUT2D eigenvalue weighted by Gasteiger charge is 2.35. The molecule has 8 heteroatoms. The summed E-state index contributed by atoms with van der Waals surface area (Å²) in [5, 5.41) is 15.0. The molecule has 4 rings (SSSR count). The number of esters is 1. The van der Waals surface area contributed by atoms with Gasteiger partial charge < -0.3 is 14.8 Å². The summed E-state index contributed by atoms with van der Waals surface area (Å²) in [7, 11) is 0. The van der Waals surface area contributed by atoms with Gasteiger partial charge in [-0.25, -0.2) is 4.79 Å². The van der Waals surface area contributed by atoms with Gasteiger partial charge in [-0.3, -0.25) is 0 Å². The van der Waals surface area contributed by atoms with E-state index in [1.165, 1.54) is 5.56 Å². The molecule has 0 aliphatic carbocycles. The molecule has 1 aliphatic heterocycles. The van der Waals surface area contributed by atoms with E-state index < -0.39 is 12.0 Å². The third-order valence-electron chi connectivity index (χ3n) is 4.98. The maximum atomic E-state index is 12.9. The maximum Gasteiger partial charge on any atom is 0.338 e. The van der Waals surface area contributed by atoms with Crippen molar-refractivity contribution in [2.24, 2.45) is 0 Å². The van der Waals surface area contributed by atoms with Crippen molar-refractivity contribution in [2.75, 3.05) is 5.32 Å². The molecule has 0 saturated carbocycles. The molecule has 2 aromatic carbocycles. The molecule has 0 spiro atoms. The highest BCUT2D eigenvalue weighted by atomic mass is 16.5. The lowest BCUT2D eigenvalue weighted by atomic mass is 9.95. The van der Waals surface area contributed by atoms with E-state index in [4.69, 9.17) is 9.47 Å². The normalized spacial score (nSPS) is 15.5. The third-order valence-corrected chi connectivity index (χ3v) is 4.98. The molecule has 1 atom stereocenters. The summed E-state index contributed by atoms with van der Waals surface area (Å²) in [4.78, 5) is 12.9. The Morgan fingerprint density at radius 2 is 1.94 bits per heavy atom. The summed E-state index contributed by atoms with van der Waals surface area (Å²) in [5.41, 5.74) is 4.23. The van der Waals surface area contributed by atoms with Gasteiger partial charge in [-0.05, 0) is 61.4 Å². The number of nitrogens with zero attached hydrogens (tertiary/aromatic N) is 4. The minimum atomic E-state index is -0.527. The van der Waals surface area contributed by atoms with E-state index in [1.54, 1.807) is 4.68 Å². The van der Waals surface area contributed by atoms with Crippen molar-refractivity contribution in [1.29, 1.82) is 0 Å². The van der Waals surface area contributed by atoms with E-state index in [2.05, 4.69) is 39.9 Å². The van der Waals surface area contributed by atoms with Crippen molar-refractivity contribution < 1.29 is 14.3 Å². The number of fused-ring (bicyclic) bond motifs is 1. The molecular formula is C23H25N5O3. The monoisotopic (exact) mass is 419 g/mol. The SMILES string of the molecule is CC1=C(C(=O)OC(C)C)C(c2cccc(OCc3ccc(C)cc3)c2)n2nnnc2N1. The average molecular weight is 419 g/mol. The second kappa shape index (κ2) is 8.59. The van der Waals surface area contributed by atoms with Gasteiger partial charge in [0.1, 0.15) is 18.4 Å². The van der Waals surface area contributed by atoms with Gasteiger partial charge >= 0.3 is 5.97 Å². The van der Waals surface area contributed by atoms with E-state index in [1.807, 2.05) is 57.2 Å². The number of ether oxygens (including phenoxy) is 2. The summed E-state index contributed by atoms with van der Waals surface area (Å²) in [6.45, 7) is 7.96. The molecule has 31 heavy (non-hydrogen) atoms. The van der Waals surface area contributed by atoms with Gasteiger partial charge in [0, 0.05) is 5.70 Å². The van der Waals surface area contributed by atoms with Crippen LogP contribution in [-0.2, 0) is 16.1 Å². The molecular weight excluding hydrogens is 394 g/mol. The first-order valence-corrected chi connectivity index (χ1v) is 10.2. The molecule has 0 saturated heterocycles. The van der Waals surface area contributed by atoms with Crippen LogP contribution in [0.1, 0.15) is 43.5 Å². The number of rotatable bonds is 6. The molecule has 1 aliphatic rings. The van der Waals surface area contributed by atoms with Gasteiger partial charge in [-0.15, -0.1) is 0 Å². The van der Waals surface area contributed by atoms with Crippen molar-refractivity contribution in [3.05, 3.63) is 76.5 Å². The summed E-state index contributed by atoms with van der Waals surface area (Å²) < 4.78 is 13.1. The first-order valence-electron chi connectivity index (χ1n) is 10.2. The summed E-state index contributed by atoms with van der Waals surface area (Å²) in [6.07, 6.45) is -0.243. The highest BCUT2D eigenvalue weighted by molar-refractivity contribution is 5.92. The van der Waals surface area contributed by atoms with Gasteiger partial charge in [-0.1, -0.05) is 47.1 Å². The molecule has 0 fully saturated rings. The number of benzene rings is 2. The maximum absolute atomic E-state index is 12.9. The third kappa shape index (κ3) is 4.42. The van der Waals surface area contributed by atoms with E-state index in [9.17, 15) is 4.79 Å². The topological polar surface area (TPSA) is 91.2 Å². The second-order valence-corrected chi connectivity index (χ2v) is 7.81. The zero-order chi connectivity index (χ0) is 22.0. The predicted octanol–water partition coefficient (Wildman–Crippen LogP) is 3.80. The van der Waals surface area contributed by atoms with Crippen LogP contribution in [0.4, 0.5) is 5.95 Å². The largest absolute Gasteiger partial charge is 0.489 e. The molecule has 1 unspecified atom stereocenters. The zero-order valence-corrected chi connectivity index (χ0v) is 18.0. The second-order valence-electron chi connectivity index (χ2n) is 7.81. The Balaban J connectivity index is 1.65. The Kier molecular flexibility index (Phi) is 5.70. The van der Waals surface area contributed by atoms with E-state index in [0.717, 1.165) is 11.1 Å². The van der Waals surface area contributed by atoms with Crippen molar-refractivity contribution in [3.63, 3.8) is 0 Å². The van der Waals surface area contributed by atoms with Crippen LogP contribution in [0.5, 0.6) is 5.75 Å². The molecule has 0 amide bonds. The lowest BCUT2D eigenvalue weighted by Crippen LogP contribution is -2.30. The molecule has 3 aromatic rings. The first kappa shape index (κ1) is 20.6. The van der Waals surface area contributed by atoms with Crippen LogP contribution < -0.4 is 10.1 Å². The van der Waals surface area contributed by atoms with Gasteiger partial charge in [0.15, 0.2) is 0 Å². The van der Waals surface area contributed by atoms with Crippen molar-refractivity contribution in [3.8, 4) is 5.75 Å². The molecule has 8 nitrogen and oxygen atoms in total. The van der Waals surface area contributed by atoms with E-state index >= 15 is 0 Å². The van der Waals surface area contributed by atoms with Crippen LogP contribution in [0, 0.1) is 6.92 Å². The van der Waals surface area contributed by atoms with Crippen LogP contribution in [0.3, 0.4) is 0 Å². The Bertz CT molecular complexity index is 1120. The number of allylic oxidation sites excluding steroid dienone is 1. The number of aryl methyl sites for hydroxylation is 1. The number of tetrazole rings is 1. The Morgan fingerprint density at radius 3 is 2.68 bits per heavy atom. The number of hydrogen-bond donors (Lipinski definition) is 1. The van der Waals surface area contributed by atoms with Crippen LogP contribution in [0.15, 0.2) is 59.8 Å². The standard InChI is InChI=1S/C23H25N5O3/c1-14(2)31-22(29)20-16(4)24-23-25-26-27-28(23)21(20)18-6-5-7-19(12-18)30-13-17-10-8-15(3)9-11-17/h5-12,14,21H,13H2,1-4H3,(H,24,25,27). The fraction of sp³-hybridized carbons (Fsp3) is 0.304. The van der Waals surface area contributed by atoms with Crippen molar-refractivity contribution in [1.82, 2.24) is 20.2 Å². The lowest BCUT2D eigenvalue weighted by Gasteiger charge is -2.28. The quantitative estimate of drug-likeness (QED) is 0.608. The van der Waals surface area contributed by atoms with Crippen LogP contribution >= 0.6 is 0 Å². The average Bonchev–Trinajstić information content (AvgIpc) is 3.20. The highest BCUT2D eigenvalue weighted by Crippen LogP contribution is 2.36. The smallest absolute Gasteiger partial charge is 0.338 e. The van der Waals surface area contributed by atoms with Crippen molar-refractivity contribution in [2.45, 2.75) is 46.4 Å². The minimum Gasteiger partial charge on any atom is -0.489 e. The summed E-state index contributed by atoms with van der Waals surface area (Å²) >= 11 is 0. The Morgan fingerprint density at radius 1 is 1.16 bits per heavy atom. The van der Waals surface area contributed by atoms with Crippen LogP contribution in [-0.4, -0.2) is 32.3 Å². The summed E-state index contributed by atoms with van der Waals surface area (Å²) in [5.74, 6) is 0.757. The lowest BCUT2D eigenvalue weighted by molar-refractivity contribution is -0.143. The number of carbonyl (C=O) groups excluding carboxylic acids is 1. The van der Waals surface area contributed by atoms with Gasteiger partial charge in [0.2, 0.25) is 5.95 Å². The molecule has 2 heterocycles. The molecule has 1 aromatic heterocycles. The fourth-order valence-corrected chi connectivity index (χ4v) is 3.49. The first-order chi connectivity index (χ1) is 14.9. The number of carbonyl (C=O) groups is 1. The Labute approximate surface area is 180 Å². The number of nitrogens with one attached hydrogen (secondary N) is 1. The fourth-order valence-electron chi connectivity index (χ4n) is 3.49. The van der Waals surface area contributed by atoms with E-state index in [0.29, 0.717) is 29.6 Å². The number of aromatic nitrogens is 4. The predicted molar refractivity (Wildman–Crippen MR) is 115 cm³/mol. The number of hydrogen-bond acceptors (Lipinski definition) is 7. The molecule has 1 N–H and O–H groups in total. The van der Waals surface area contributed by atoms with Gasteiger partial charge in [-0.2, -0.15) is 4.68 Å². The number of anilines is 1. The Hall–Kier alpha value is -3.68. The summed E-state index contributed by atoms with van der Waals surface area (Å²) in [6, 6.07) is 15.3. The van der Waals surface area contributed by atoms with Crippen LogP contribution in [0.2, 0.25) is 0 Å². The zero-order valence-electron chi connectivity index (χ0n) is 18.0. The minimum absolute atomic E-state index is 0.243. The van der Waals surface area contributed by atoms with Gasteiger partial charge in [0.05, 0.1) is 11.7 Å². The van der Waals surface area contributed by atoms with Crippen LogP contribution in [0.25, 0.3) is 0 Å². The van der Waals surface area contributed by atoms with Gasteiger partial charge in [0.25, 0.3) is 0 Å². The van der Waals surface area contributed by atoms with Crippen molar-refractivity contribution >= 4 is 11.9 Å². The molecule has 0 radical (unpaired) electrons.